The molecule has 0 radical (unpaired) electrons. The summed E-state index contributed by atoms with van der Waals surface area (Å²) >= 11 is 0. The molecule has 0 spiro atoms. The molecular weight excluding hydrogens is 889 g/mol. The lowest BCUT2D eigenvalue weighted by atomic mass is 9.69. The van der Waals surface area contributed by atoms with E-state index in [2.05, 4.69) is 13.2 Å². The maximum absolute atomic E-state index is 13.2. The van der Waals surface area contributed by atoms with Crippen LogP contribution in [-0.4, -0.2) is 62.2 Å². The Morgan fingerprint density at radius 2 is 0.614 bits per heavy atom. The van der Waals surface area contributed by atoms with Crippen molar-refractivity contribution in [3.05, 3.63) is 73.8 Å². The Morgan fingerprint density at radius 3 is 0.886 bits per heavy atom. The van der Waals surface area contributed by atoms with Crippen molar-refractivity contribution in [3.8, 4) is 22.6 Å². The topological polar surface area (TPSA) is 158 Å². The Balaban J connectivity index is 0.802. The van der Waals surface area contributed by atoms with Gasteiger partial charge in [-0.1, -0.05) is 37.4 Å². The fraction of sp³-hybridized carbons (Fsp3) is 0.621. The largest absolute Gasteiger partial charge is 0.465 e. The monoisotopic (exact) mass is 967 g/mol. The zero-order valence-electron chi connectivity index (χ0n) is 41.5. The summed E-state index contributed by atoms with van der Waals surface area (Å²) in [5, 5.41) is 0. The molecule has 4 fully saturated rings. The first-order valence-corrected chi connectivity index (χ1v) is 26.7. The van der Waals surface area contributed by atoms with E-state index < -0.39 is 11.9 Å². The number of hydrogen-bond donors (Lipinski definition) is 0. The molecule has 0 aromatic heterocycles. The van der Waals surface area contributed by atoms with Crippen LogP contribution in [0.2, 0.25) is 0 Å². The summed E-state index contributed by atoms with van der Waals surface area (Å²) in [7, 11) is 0. The van der Waals surface area contributed by atoms with Crippen molar-refractivity contribution in [3.63, 3.8) is 0 Å². The van der Waals surface area contributed by atoms with Crippen LogP contribution in [0.3, 0.4) is 0 Å². The lowest BCUT2D eigenvalue weighted by Gasteiger charge is -2.36. The molecule has 12 heteroatoms. The summed E-state index contributed by atoms with van der Waals surface area (Å²) < 4.78 is 32.9. The molecule has 6 rings (SSSR count). The Kier molecular flexibility index (Phi) is 22.5. The third-order valence-corrected chi connectivity index (χ3v) is 15.6. The van der Waals surface area contributed by atoms with Gasteiger partial charge in [-0.25, -0.2) is 9.59 Å². The van der Waals surface area contributed by atoms with Gasteiger partial charge in [0.15, 0.2) is 0 Å². The predicted octanol–water partition coefficient (Wildman–Crippen LogP) is 12.1. The Hall–Kier alpha value is -5.26. The maximum Gasteiger partial charge on any atom is 0.330 e. The molecule has 2 aromatic carbocycles. The predicted molar refractivity (Wildman–Crippen MR) is 266 cm³/mol. The van der Waals surface area contributed by atoms with E-state index in [1.807, 2.05) is 48.5 Å². The van der Waals surface area contributed by atoms with Crippen LogP contribution in [0, 0.1) is 47.3 Å². The number of ether oxygens (including phenoxy) is 6. The van der Waals surface area contributed by atoms with E-state index in [-0.39, 0.29) is 47.5 Å². The molecular formula is C58H78O12. The molecule has 70 heavy (non-hydrogen) atoms. The van der Waals surface area contributed by atoms with Crippen molar-refractivity contribution in [1.82, 2.24) is 0 Å². The summed E-state index contributed by atoms with van der Waals surface area (Å²) in [5.41, 5.74) is 1.94. The number of carbonyl (C=O) groups excluding carboxylic acids is 6. The molecule has 2 aromatic rings. The van der Waals surface area contributed by atoms with Crippen molar-refractivity contribution < 1.29 is 57.2 Å². The lowest BCUT2D eigenvalue weighted by molar-refractivity contribution is -0.151. The summed E-state index contributed by atoms with van der Waals surface area (Å²) in [4.78, 5) is 74.0. The molecule has 0 saturated heterocycles. The molecule has 0 heterocycles. The average molecular weight is 967 g/mol. The van der Waals surface area contributed by atoms with Gasteiger partial charge >= 0.3 is 35.8 Å². The van der Waals surface area contributed by atoms with Crippen LogP contribution in [0.25, 0.3) is 11.1 Å². The third kappa shape index (κ3) is 17.5. The first-order chi connectivity index (χ1) is 34.1. The zero-order valence-corrected chi connectivity index (χ0v) is 41.5. The first-order valence-electron chi connectivity index (χ1n) is 26.7. The van der Waals surface area contributed by atoms with Crippen LogP contribution in [0.5, 0.6) is 11.5 Å². The van der Waals surface area contributed by atoms with Crippen LogP contribution in [0.15, 0.2) is 73.8 Å². The molecule has 12 nitrogen and oxygen atoms in total. The van der Waals surface area contributed by atoms with Crippen molar-refractivity contribution in [2.75, 3.05) is 26.4 Å². The van der Waals surface area contributed by atoms with Gasteiger partial charge in [0.05, 0.1) is 50.1 Å². The molecule has 4 aliphatic rings. The molecule has 382 valence electrons. The minimum absolute atomic E-state index is 0.0202. The van der Waals surface area contributed by atoms with Crippen LogP contribution < -0.4 is 9.47 Å². The molecule has 0 atom stereocenters. The van der Waals surface area contributed by atoms with Crippen molar-refractivity contribution >= 4 is 35.8 Å². The molecule has 0 aliphatic heterocycles. The quantitative estimate of drug-likeness (QED) is 0.0305. The van der Waals surface area contributed by atoms with Crippen LogP contribution in [0.4, 0.5) is 0 Å². The minimum atomic E-state index is -0.399. The van der Waals surface area contributed by atoms with E-state index in [0.29, 0.717) is 61.6 Å². The molecule has 0 amide bonds. The zero-order chi connectivity index (χ0) is 49.5. The van der Waals surface area contributed by atoms with Gasteiger partial charge < -0.3 is 28.4 Å². The average Bonchev–Trinajstić information content (AvgIpc) is 3.40. The lowest BCUT2D eigenvalue weighted by Crippen LogP contribution is -2.31. The van der Waals surface area contributed by atoms with Gasteiger partial charge in [-0.3, -0.25) is 19.2 Å². The van der Waals surface area contributed by atoms with Crippen LogP contribution >= 0.6 is 0 Å². The number of hydrogen-bond acceptors (Lipinski definition) is 12. The Bertz CT molecular complexity index is 1830. The van der Waals surface area contributed by atoms with Gasteiger partial charge in [-0.2, -0.15) is 0 Å². The van der Waals surface area contributed by atoms with Gasteiger partial charge in [0.25, 0.3) is 0 Å². The summed E-state index contributed by atoms with van der Waals surface area (Å²) in [5.74, 6) is 1.85. The Morgan fingerprint density at radius 1 is 0.357 bits per heavy atom. The van der Waals surface area contributed by atoms with Crippen LogP contribution in [-0.2, 0) is 47.7 Å². The fourth-order valence-corrected chi connectivity index (χ4v) is 11.3. The van der Waals surface area contributed by atoms with Gasteiger partial charge in [0.1, 0.15) is 11.5 Å². The van der Waals surface area contributed by atoms with Gasteiger partial charge in [0, 0.05) is 12.2 Å². The van der Waals surface area contributed by atoms with E-state index in [9.17, 15) is 28.8 Å². The maximum atomic E-state index is 13.2. The molecule has 0 N–H and O–H groups in total. The van der Waals surface area contributed by atoms with E-state index in [1.165, 1.54) is 12.2 Å². The third-order valence-electron chi connectivity index (χ3n) is 15.6. The minimum Gasteiger partial charge on any atom is -0.465 e. The SMILES string of the molecule is C=CC(=O)OCCCCCCOC(=O)C1CCC(C2CCC(C(=O)Oc3ccc(-c4ccc(OC(=O)C5CCC(C6CCC(C(=O)OCCCCCCOC(=O)C=C)CC6)CC5)cc4)cc3)CC2)CC1. The fourth-order valence-electron chi connectivity index (χ4n) is 11.3. The van der Waals surface area contributed by atoms with Crippen LogP contribution in [0.1, 0.15) is 154 Å². The molecule has 4 saturated carbocycles. The molecule has 4 aliphatic carbocycles. The van der Waals surface area contributed by atoms with E-state index in [0.717, 1.165) is 165 Å². The second-order valence-electron chi connectivity index (χ2n) is 20.2. The number of carbonyl (C=O) groups is 6. The highest BCUT2D eigenvalue weighted by Crippen LogP contribution is 2.44. The normalized spacial score (nSPS) is 24.5. The summed E-state index contributed by atoms with van der Waals surface area (Å²) in [6, 6.07) is 15.1. The number of rotatable bonds is 25. The van der Waals surface area contributed by atoms with E-state index in [1.54, 1.807) is 0 Å². The highest BCUT2D eigenvalue weighted by Gasteiger charge is 2.37. The number of esters is 6. The molecule has 0 bridgehead atoms. The van der Waals surface area contributed by atoms with Crippen molar-refractivity contribution in [2.24, 2.45) is 47.3 Å². The smallest absolute Gasteiger partial charge is 0.330 e. The van der Waals surface area contributed by atoms with Gasteiger partial charge in [-0.15, -0.1) is 0 Å². The number of benzene rings is 2. The molecule has 0 unspecified atom stereocenters. The Labute approximate surface area is 416 Å². The van der Waals surface area contributed by atoms with E-state index in [4.69, 9.17) is 28.4 Å². The van der Waals surface area contributed by atoms with E-state index >= 15 is 0 Å². The highest BCUT2D eigenvalue weighted by atomic mass is 16.6. The van der Waals surface area contributed by atoms with Crippen molar-refractivity contribution in [1.29, 1.82) is 0 Å². The van der Waals surface area contributed by atoms with Gasteiger partial charge in [-0.05, 0) is 213 Å². The second-order valence-corrected chi connectivity index (χ2v) is 20.2. The number of unbranched alkanes of at least 4 members (excludes halogenated alkanes) is 6. The van der Waals surface area contributed by atoms with Gasteiger partial charge in [0.2, 0.25) is 0 Å². The summed E-state index contributed by atoms with van der Waals surface area (Å²) in [6.45, 7) is 8.42. The second kappa shape index (κ2) is 29.2. The summed E-state index contributed by atoms with van der Waals surface area (Å²) in [6.07, 6.45) is 24.1. The highest BCUT2D eigenvalue weighted by molar-refractivity contribution is 5.81. The standard InChI is InChI=1S/C58H78O12/c1-3-53(59)65-37-9-5-7-11-39-67-55(61)47-21-13-41(14-22-47)43-17-25-49(26-18-43)57(63)69-51-33-29-45(30-34-51)46-31-35-52(36-32-46)70-58(64)50-27-19-44(20-28-50)42-15-23-48(24-16-42)56(62)68-40-12-8-6-10-38-66-54(60)4-2/h3-4,29-36,41-44,47-50H,1-2,5-28,37-40H2. The van der Waals surface area contributed by atoms with Crippen molar-refractivity contribution in [2.45, 2.75) is 154 Å². The first kappa shape index (κ1) is 54.1.